The highest BCUT2D eigenvalue weighted by Gasteiger charge is 2.11. The van der Waals surface area contributed by atoms with E-state index in [1.807, 2.05) is 0 Å². The number of hydrogen-bond acceptors (Lipinski definition) is 3. The van der Waals surface area contributed by atoms with Crippen molar-refractivity contribution in [2.45, 2.75) is 6.92 Å². The standard InChI is InChI=1S/C10H11NO2/c1-4-7-8(5-2)11-10(13)6(3)9(7)12/h4-5H,1-2H2,3H3,(H2,11,12,13). The zero-order chi connectivity index (χ0) is 10.0. The second-order valence-electron chi connectivity index (χ2n) is 2.62. The topological polar surface area (TPSA) is 53.4 Å². The van der Waals surface area contributed by atoms with E-state index in [9.17, 15) is 10.2 Å². The Bertz CT molecular complexity index is 370. The summed E-state index contributed by atoms with van der Waals surface area (Å²) in [6.07, 6.45) is 2.93. The van der Waals surface area contributed by atoms with Gasteiger partial charge in [0.05, 0.1) is 11.3 Å². The van der Waals surface area contributed by atoms with Gasteiger partial charge in [0.2, 0.25) is 5.88 Å². The molecule has 0 saturated heterocycles. The summed E-state index contributed by atoms with van der Waals surface area (Å²) < 4.78 is 0. The molecule has 0 fully saturated rings. The first-order valence-corrected chi connectivity index (χ1v) is 3.79. The number of rotatable bonds is 2. The van der Waals surface area contributed by atoms with Gasteiger partial charge in [-0.3, -0.25) is 0 Å². The van der Waals surface area contributed by atoms with Crippen molar-refractivity contribution >= 4 is 12.2 Å². The average Bonchev–Trinajstić information content (AvgIpc) is 2.13. The summed E-state index contributed by atoms with van der Waals surface area (Å²) in [6.45, 7) is 8.64. The fourth-order valence-electron chi connectivity index (χ4n) is 1.04. The van der Waals surface area contributed by atoms with Crippen molar-refractivity contribution in [3.63, 3.8) is 0 Å². The molecule has 3 nitrogen and oxygen atoms in total. The molecule has 0 aliphatic carbocycles. The first-order chi connectivity index (χ1) is 6.11. The maximum atomic E-state index is 9.57. The van der Waals surface area contributed by atoms with E-state index in [2.05, 4.69) is 18.1 Å². The normalized spacial score (nSPS) is 9.62. The summed E-state index contributed by atoms with van der Waals surface area (Å²) in [5.41, 5.74) is 1.27. The predicted octanol–water partition coefficient (Wildman–Crippen LogP) is 2.09. The Morgan fingerprint density at radius 3 is 2.31 bits per heavy atom. The second-order valence-corrected chi connectivity index (χ2v) is 2.62. The van der Waals surface area contributed by atoms with E-state index in [1.165, 1.54) is 12.2 Å². The smallest absolute Gasteiger partial charge is 0.218 e. The summed E-state index contributed by atoms with van der Waals surface area (Å²) >= 11 is 0. The van der Waals surface area contributed by atoms with Crippen LogP contribution in [0.2, 0.25) is 0 Å². The zero-order valence-corrected chi connectivity index (χ0v) is 7.41. The summed E-state index contributed by atoms with van der Waals surface area (Å²) in [6, 6.07) is 0. The molecule has 0 bridgehead atoms. The third kappa shape index (κ3) is 1.40. The fraction of sp³-hybridized carbons (Fsp3) is 0.100. The summed E-state index contributed by atoms with van der Waals surface area (Å²) in [7, 11) is 0. The van der Waals surface area contributed by atoms with Gasteiger partial charge in [-0.2, -0.15) is 0 Å². The lowest BCUT2D eigenvalue weighted by atomic mass is 10.1. The van der Waals surface area contributed by atoms with Crippen LogP contribution in [-0.2, 0) is 0 Å². The Hall–Kier alpha value is -1.77. The van der Waals surface area contributed by atoms with Crippen LogP contribution in [0.1, 0.15) is 16.8 Å². The Balaban J connectivity index is 3.56. The Labute approximate surface area is 76.7 Å². The Kier molecular flexibility index (Phi) is 2.37. The van der Waals surface area contributed by atoms with Crippen LogP contribution >= 0.6 is 0 Å². The largest absolute Gasteiger partial charge is 0.507 e. The molecule has 0 saturated carbocycles. The minimum absolute atomic E-state index is 0.00241. The minimum atomic E-state index is -0.182. The third-order valence-corrected chi connectivity index (χ3v) is 1.85. The average molecular weight is 177 g/mol. The molecule has 0 radical (unpaired) electrons. The van der Waals surface area contributed by atoms with Gasteiger partial charge in [-0.1, -0.05) is 19.2 Å². The van der Waals surface area contributed by atoms with E-state index >= 15 is 0 Å². The molecule has 0 atom stereocenters. The molecule has 1 aromatic heterocycles. The molecule has 1 heterocycles. The summed E-state index contributed by atoms with van der Waals surface area (Å²) in [5.74, 6) is -0.185. The fourth-order valence-corrected chi connectivity index (χ4v) is 1.04. The lowest BCUT2D eigenvalue weighted by Crippen LogP contribution is -1.91. The van der Waals surface area contributed by atoms with Crippen LogP contribution in [0.4, 0.5) is 0 Å². The highest BCUT2D eigenvalue weighted by atomic mass is 16.3. The molecule has 0 aromatic carbocycles. The van der Waals surface area contributed by atoms with Gasteiger partial charge in [0.1, 0.15) is 5.75 Å². The molecule has 1 aromatic rings. The van der Waals surface area contributed by atoms with Crippen LogP contribution in [-0.4, -0.2) is 15.2 Å². The molecule has 0 spiro atoms. The molecule has 0 unspecified atom stereocenters. The molecule has 13 heavy (non-hydrogen) atoms. The molecule has 68 valence electrons. The van der Waals surface area contributed by atoms with E-state index in [-0.39, 0.29) is 11.6 Å². The molecule has 1 rings (SSSR count). The van der Waals surface area contributed by atoms with Crippen LogP contribution in [0.25, 0.3) is 12.2 Å². The lowest BCUT2D eigenvalue weighted by molar-refractivity contribution is 0.426. The van der Waals surface area contributed by atoms with Crippen LogP contribution in [0, 0.1) is 6.92 Å². The van der Waals surface area contributed by atoms with Crippen LogP contribution < -0.4 is 0 Å². The van der Waals surface area contributed by atoms with Crippen molar-refractivity contribution in [3.05, 3.63) is 30.0 Å². The van der Waals surface area contributed by atoms with Gasteiger partial charge in [-0.25, -0.2) is 4.98 Å². The molecular formula is C10H11NO2. The van der Waals surface area contributed by atoms with Gasteiger partial charge in [-0.05, 0) is 13.0 Å². The SMILES string of the molecule is C=Cc1nc(O)c(C)c(O)c1C=C. The Morgan fingerprint density at radius 1 is 1.23 bits per heavy atom. The van der Waals surface area contributed by atoms with Crippen molar-refractivity contribution in [2.75, 3.05) is 0 Å². The van der Waals surface area contributed by atoms with E-state index in [0.29, 0.717) is 16.8 Å². The molecule has 0 amide bonds. The molecule has 2 N–H and O–H groups in total. The van der Waals surface area contributed by atoms with Gasteiger partial charge < -0.3 is 10.2 Å². The lowest BCUT2D eigenvalue weighted by Gasteiger charge is -2.07. The van der Waals surface area contributed by atoms with Crippen molar-refractivity contribution in [1.29, 1.82) is 0 Å². The van der Waals surface area contributed by atoms with Gasteiger partial charge in [0.25, 0.3) is 0 Å². The van der Waals surface area contributed by atoms with E-state index < -0.39 is 0 Å². The predicted molar refractivity (Wildman–Crippen MR) is 52.5 cm³/mol. The van der Waals surface area contributed by atoms with Gasteiger partial charge in [0.15, 0.2) is 0 Å². The minimum Gasteiger partial charge on any atom is -0.507 e. The highest BCUT2D eigenvalue weighted by Crippen LogP contribution is 2.31. The molecule has 3 heteroatoms. The van der Waals surface area contributed by atoms with Crippen molar-refractivity contribution in [1.82, 2.24) is 4.98 Å². The van der Waals surface area contributed by atoms with Gasteiger partial charge >= 0.3 is 0 Å². The maximum Gasteiger partial charge on any atom is 0.218 e. The Morgan fingerprint density at radius 2 is 1.85 bits per heavy atom. The monoisotopic (exact) mass is 177 g/mol. The van der Waals surface area contributed by atoms with E-state index in [1.54, 1.807) is 6.92 Å². The van der Waals surface area contributed by atoms with Gasteiger partial charge in [-0.15, -0.1) is 0 Å². The van der Waals surface area contributed by atoms with Crippen LogP contribution in [0.3, 0.4) is 0 Å². The highest BCUT2D eigenvalue weighted by molar-refractivity contribution is 5.68. The van der Waals surface area contributed by atoms with Crippen molar-refractivity contribution in [2.24, 2.45) is 0 Å². The van der Waals surface area contributed by atoms with Gasteiger partial charge in [0, 0.05) is 5.56 Å². The number of aromatic hydroxyl groups is 2. The first kappa shape index (κ1) is 9.32. The maximum absolute atomic E-state index is 9.57. The van der Waals surface area contributed by atoms with Crippen LogP contribution in [0.5, 0.6) is 11.6 Å². The summed E-state index contributed by atoms with van der Waals surface area (Å²) in [5, 5.41) is 18.9. The first-order valence-electron chi connectivity index (χ1n) is 3.79. The zero-order valence-electron chi connectivity index (χ0n) is 7.41. The quantitative estimate of drug-likeness (QED) is 0.727. The molecule has 0 aliphatic rings. The molecule has 0 aliphatic heterocycles. The van der Waals surface area contributed by atoms with Crippen molar-refractivity contribution in [3.8, 4) is 11.6 Å². The van der Waals surface area contributed by atoms with E-state index in [0.717, 1.165) is 0 Å². The third-order valence-electron chi connectivity index (χ3n) is 1.85. The van der Waals surface area contributed by atoms with Crippen molar-refractivity contribution < 1.29 is 10.2 Å². The second kappa shape index (κ2) is 3.31. The number of pyridine rings is 1. The number of hydrogen-bond donors (Lipinski definition) is 2. The number of aromatic nitrogens is 1. The molecular weight excluding hydrogens is 166 g/mol. The van der Waals surface area contributed by atoms with E-state index in [4.69, 9.17) is 0 Å². The number of nitrogens with zero attached hydrogens (tertiary/aromatic N) is 1. The van der Waals surface area contributed by atoms with Crippen LogP contribution in [0.15, 0.2) is 13.2 Å². The summed E-state index contributed by atoms with van der Waals surface area (Å²) in [4.78, 5) is 3.83.